The Labute approximate surface area is 190 Å². The Morgan fingerprint density at radius 3 is 1.84 bits per heavy atom. The van der Waals surface area contributed by atoms with Crippen molar-refractivity contribution in [2.75, 3.05) is 12.0 Å². The minimum Gasteiger partial charge on any atom is -0.480 e. The number of nitrogens with two attached hydrogens (primary N) is 2. The van der Waals surface area contributed by atoms with E-state index in [2.05, 4.69) is 16.0 Å². The van der Waals surface area contributed by atoms with Gasteiger partial charge in [-0.2, -0.15) is 11.8 Å². The lowest BCUT2D eigenvalue weighted by atomic mass is 10.1. The topological polar surface area (TPSA) is 234 Å². The van der Waals surface area contributed by atoms with Crippen molar-refractivity contribution in [2.45, 2.75) is 69.5 Å². The van der Waals surface area contributed by atoms with Gasteiger partial charge in [0.1, 0.15) is 12.1 Å². The number of carbonyl (C=O) groups is 5. The third-order valence-corrected chi connectivity index (χ3v) is 5.03. The van der Waals surface area contributed by atoms with Crippen LogP contribution in [0.5, 0.6) is 0 Å². The van der Waals surface area contributed by atoms with E-state index < -0.39 is 66.0 Å². The monoisotopic (exact) mass is 479 g/mol. The fourth-order valence-corrected chi connectivity index (χ4v) is 2.97. The van der Waals surface area contributed by atoms with Crippen molar-refractivity contribution in [1.82, 2.24) is 16.0 Å². The van der Waals surface area contributed by atoms with Crippen LogP contribution in [-0.4, -0.2) is 93.3 Å². The van der Waals surface area contributed by atoms with E-state index in [9.17, 15) is 34.2 Å². The zero-order chi connectivity index (χ0) is 25.0. The Balaban J connectivity index is 5.34. The number of carbonyl (C=O) groups excluding carboxylic acids is 4. The number of carboxylic acid groups (broad SMARTS) is 1. The van der Waals surface area contributed by atoms with Gasteiger partial charge in [-0.15, -0.1) is 0 Å². The van der Waals surface area contributed by atoms with Crippen LogP contribution in [0.4, 0.5) is 0 Å². The molecule has 6 unspecified atom stereocenters. The number of hydrogen-bond donors (Lipinski definition) is 8. The van der Waals surface area contributed by atoms with Gasteiger partial charge in [0.2, 0.25) is 23.6 Å². The maximum atomic E-state index is 12.7. The SMILES string of the molecule is CSCCC(NC(=O)C(NC(=O)C(N)CCC(N)=O)C(C)O)C(=O)NC(C(=O)O)C(C)O. The Bertz CT molecular complexity index is 676. The molecule has 0 aromatic rings. The molecule has 0 radical (unpaired) electrons. The Kier molecular flexibility index (Phi) is 13.5. The molecule has 4 amide bonds. The van der Waals surface area contributed by atoms with E-state index in [0.717, 1.165) is 0 Å². The standard InChI is InChI=1S/C18H33N5O8S/c1-8(24)13(22-15(27)10(19)4-5-12(20)26)17(29)21-11(6-7-32-3)16(28)23-14(9(2)25)18(30)31/h8-11,13-14,24-25H,4-7,19H2,1-3H3,(H2,20,26)(H,21,29)(H,22,27)(H,23,28)(H,30,31). The number of aliphatic carboxylic acids is 1. The van der Waals surface area contributed by atoms with Gasteiger partial charge in [-0.3, -0.25) is 19.2 Å². The lowest BCUT2D eigenvalue weighted by Crippen LogP contribution is -2.60. The van der Waals surface area contributed by atoms with Crippen LogP contribution >= 0.6 is 11.8 Å². The van der Waals surface area contributed by atoms with E-state index in [1.165, 1.54) is 25.6 Å². The molecular formula is C18H33N5O8S. The Morgan fingerprint density at radius 2 is 1.41 bits per heavy atom. The first-order valence-corrected chi connectivity index (χ1v) is 11.2. The number of aliphatic hydroxyl groups excluding tert-OH is 2. The third kappa shape index (κ3) is 10.7. The zero-order valence-corrected chi connectivity index (χ0v) is 19.1. The highest BCUT2D eigenvalue weighted by Gasteiger charge is 2.33. The van der Waals surface area contributed by atoms with Gasteiger partial charge in [-0.25, -0.2) is 4.79 Å². The predicted octanol–water partition coefficient (Wildman–Crippen LogP) is -3.37. The first-order chi connectivity index (χ1) is 14.8. The van der Waals surface area contributed by atoms with E-state index in [1.54, 1.807) is 6.26 Å². The van der Waals surface area contributed by atoms with Crippen LogP contribution in [-0.2, 0) is 24.0 Å². The molecule has 0 spiro atoms. The minimum atomic E-state index is -1.59. The summed E-state index contributed by atoms with van der Waals surface area (Å²) in [6.07, 6.45) is -1.09. The van der Waals surface area contributed by atoms with Gasteiger partial charge in [0.15, 0.2) is 6.04 Å². The van der Waals surface area contributed by atoms with Crippen LogP contribution in [0.25, 0.3) is 0 Å². The van der Waals surface area contributed by atoms with Gasteiger partial charge in [-0.1, -0.05) is 0 Å². The molecule has 0 rings (SSSR count). The summed E-state index contributed by atoms with van der Waals surface area (Å²) in [6.45, 7) is 2.43. The molecule has 0 fully saturated rings. The van der Waals surface area contributed by atoms with Crippen molar-refractivity contribution in [2.24, 2.45) is 11.5 Å². The molecule has 184 valence electrons. The van der Waals surface area contributed by atoms with Gasteiger partial charge in [-0.05, 0) is 38.7 Å². The van der Waals surface area contributed by atoms with E-state index >= 15 is 0 Å². The highest BCUT2D eigenvalue weighted by Crippen LogP contribution is 2.05. The second kappa shape index (κ2) is 14.6. The number of thioether (sulfide) groups is 1. The van der Waals surface area contributed by atoms with Crippen LogP contribution < -0.4 is 27.4 Å². The van der Waals surface area contributed by atoms with Crippen LogP contribution in [0.2, 0.25) is 0 Å². The lowest BCUT2D eigenvalue weighted by molar-refractivity contribution is -0.145. The smallest absolute Gasteiger partial charge is 0.328 e. The second-order valence-corrected chi connectivity index (χ2v) is 8.23. The number of primary amides is 1. The van der Waals surface area contributed by atoms with Gasteiger partial charge in [0.25, 0.3) is 0 Å². The summed E-state index contributed by atoms with van der Waals surface area (Å²) >= 11 is 1.37. The summed E-state index contributed by atoms with van der Waals surface area (Å²) in [5.74, 6) is -4.25. The molecule has 32 heavy (non-hydrogen) atoms. The maximum absolute atomic E-state index is 12.7. The first-order valence-electron chi connectivity index (χ1n) is 9.84. The average Bonchev–Trinajstić information content (AvgIpc) is 2.69. The molecule has 6 atom stereocenters. The fraction of sp³-hybridized carbons (Fsp3) is 0.722. The first kappa shape index (κ1) is 29.6. The van der Waals surface area contributed by atoms with Crippen molar-refractivity contribution in [3.63, 3.8) is 0 Å². The molecule has 0 heterocycles. The molecule has 0 aromatic carbocycles. The Hall–Kier alpha value is -2.42. The number of nitrogens with one attached hydrogen (secondary N) is 3. The maximum Gasteiger partial charge on any atom is 0.328 e. The number of amides is 4. The van der Waals surface area contributed by atoms with Crippen LogP contribution in [0.1, 0.15) is 33.1 Å². The molecule has 14 heteroatoms. The number of hydrogen-bond acceptors (Lipinski definition) is 9. The van der Waals surface area contributed by atoms with Crippen molar-refractivity contribution in [1.29, 1.82) is 0 Å². The van der Waals surface area contributed by atoms with Gasteiger partial charge in [0, 0.05) is 6.42 Å². The van der Waals surface area contributed by atoms with E-state index in [0.29, 0.717) is 5.75 Å². The highest BCUT2D eigenvalue weighted by molar-refractivity contribution is 7.98. The van der Waals surface area contributed by atoms with Crippen LogP contribution in [0, 0.1) is 0 Å². The Morgan fingerprint density at radius 1 is 0.875 bits per heavy atom. The highest BCUT2D eigenvalue weighted by atomic mass is 32.2. The van der Waals surface area contributed by atoms with Crippen molar-refractivity contribution >= 4 is 41.4 Å². The summed E-state index contributed by atoms with van der Waals surface area (Å²) < 4.78 is 0. The normalized spacial score (nSPS) is 16.6. The largest absolute Gasteiger partial charge is 0.480 e. The zero-order valence-electron chi connectivity index (χ0n) is 18.2. The van der Waals surface area contributed by atoms with Gasteiger partial charge >= 0.3 is 5.97 Å². The summed E-state index contributed by atoms with van der Waals surface area (Å²) in [6, 6.07) is -5.42. The summed E-state index contributed by atoms with van der Waals surface area (Å²) in [4.78, 5) is 59.5. The van der Waals surface area contributed by atoms with Crippen molar-refractivity contribution < 1.29 is 39.3 Å². The molecule has 0 aliphatic carbocycles. The van der Waals surface area contributed by atoms with Gasteiger partial charge < -0.3 is 42.7 Å². The number of rotatable bonds is 15. The summed E-state index contributed by atoms with van der Waals surface area (Å²) in [5, 5.41) is 35.4. The number of carboxylic acids is 1. The summed E-state index contributed by atoms with van der Waals surface area (Å²) in [5.41, 5.74) is 10.7. The predicted molar refractivity (Wildman–Crippen MR) is 116 cm³/mol. The molecule has 10 N–H and O–H groups in total. The third-order valence-electron chi connectivity index (χ3n) is 4.39. The van der Waals surface area contributed by atoms with E-state index in [1.807, 2.05) is 0 Å². The van der Waals surface area contributed by atoms with Gasteiger partial charge in [0.05, 0.1) is 18.2 Å². The van der Waals surface area contributed by atoms with Crippen molar-refractivity contribution in [3.05, 3.63) is 0 Å². The van der Waals surface area contributed by atoms with E-state index in [-0.39, 0.29) is 19.3 Å². The molecule has 0 aliphatic rings. The molecular weight excluding hydrogens is 446 g/mol. The van der Waals surface area contributed by atoms with Crippen LogP contribution in [0.15, 0.2) is 0 Å². The molecule has 0 bridgehead atoms. The molecule has 13 nitrogen and oxygen atoms in total. The van der Waals surface area contributed by atoms with Crippen molar-refractivity contribution in [3.8, 4) is 0 Å². The number of aliphatic hydroxyl groups is 2. The van der Waals surface area contributed by atoms with E-state index in [4.69, 9.17) is 16.6 Å². The minimum absolute atomic E-state index is 0.0655. The molecule has 0 aromatic heterocycles. The lowest BCUT2D eigenvalue weighted by Gasteiger charge is -2.26. The fourth-order valence-electron chi connectivity index (χ4n) is 2.50. The van der Waals surface area contributed by atoms with Crippen LogP contribution in [0.3, 0.4) is 0 Å². The molecule has 0 aliphatic heterocycles. The molecule has 0 saturated heterocycles. The average molecular weight is 480 g/mol. The second-order valence-electron chi connectivity index (χ2n) is 7.25. The summed E-state index contributed by atoms with van der Waals surface area (Å²) in [7, 11) is 0. The quantitative estimate of drug-likeness (QED) is 0.116. The molecule has 0 saturated carbocycles.